The highest BCUT2D eigenvalue weighted by atomic mass is 35.5. The second-order valence-corrected chi connectivity index (χ2v) is 7.11. The smallest absolute Gasteiger partial charge is 0.239 e. The van der Waals surface area contributed by atoms with Crippen LogP contribution in [0.3, 0.4) is 0 Å². The molecular weight excluding hydrogens is 341 g/mol. The van der Waals surface area contributed by atoms with E-state index in [-0.39, 0.29) is 30.2 Å². The number of rotatable bonds is 4. The van der Waals surface area contributed by atoms with Gasteiger partial charge in [0.1, 0.15) is 5.82 Å². The van der Waals surface area contributed by atoms with E-state index in [2.05, 4.69) is 4.90 Å². The van der Waals surface area contributed by atoms with E-state index in [1.807, 2.05) is 17.0 Å². The highest BCUT2D eigenvalue weighted by molar-refractivity contribution is 5.85. The number of piperidine rings is 2. The molecule has 2 fully saturated rings. The Kier molecular flexibility index (Phi) is 7.66. The van der Waals surface area contributed by atoms with Crippen LogP contribution < -0.4 is 5.73 Å². The van der Waals surface area contributed by atoms with Crippen molar-refractivity contribution in [2.24, 2.45) is 11.7 Å². The summed E-state index contributed by atoms with van der Waals surface area (Å²) in [5.74, 6) is 0.621. The van der Waals surface area contributed by atoms with Crippen LogP contribution in [-0.4, -0.2) is 47.9 Å². The molecule has 2 heterocycles. The van der Waals surface area contributed by atoms with Crippen LogP contribution in [0.25, 0.3) is 0 Å². The number of nitrogens with zero attached hydrogens (tertiary/aromatic N) is 2. The van der Waals surface area contributed by atoms with E-state index in [1.165, 1.54) is 12.1 Å². The Labute approximate surface area is 156 Å². The molecule has 1 amide bonds. The van der Waals surface area contributed by atoms with Crippen LogP contribution >= 0.6 is 12.4 Å². The molecule has 0 spiro atoms. The lowest BCUT2D eigenvalue weighted by molar-refractivity contribution is -0.140. The van der Waals surface area contributed by atoms with Crippen LogP contribution in [-0.2, 0) is 11.3 Å². The van der Waals surface area contributed by atoms with Crippen LogP contribution in [0.2, 0.25) is 0 Å². The largest absolute Gasteiger partial charge is 0.341 e. The minimum Gasteiger partial charge on any atom is -0.341 e. The average molecular weight is 370 g/mol. The summed E-state index contributed by atoms with van der Waals surface area (Å²) in [5, 5.41) is 0. The summed E-state index contributed by atoms with van der Waals surface area (Å²) in [7, 11) is 0. The van der Waals surface area contributed by atoms with Crippen LogP contribution in [0.1, 0.15) is 37.7 Å². The summed E-state index contributed by atoms with van der Waals surface area (Å²) >= 11 is 0. The molecule has 0 saturated carbocycles. The standard InChI is InChI=1S/C19H28FN3O.ClH/c20-17-6-4-16(5-7-17)14-23-10-2-1-3-18(23)19(24)22-11-8-15(13-21)9-12-22;/h4-7,15,18H,1-3,8-14,21H2;1H. The quantitative estimate of drug-likeness (QED) is 0.887. The van der Waals surface area contributed by atoms with Crippen molar-refractivity contribution >= 4 is 18.3 Å². The highest BCUT2D eigenvalue weighted by Gasteiger charge is 2.33. The Bertz CT molecular complexity index is 546. The fraction of sp³-hybridized carbons (Fsp3) is 0.632. The predicted molar refractivity (Wildman–Crippen MR) is 100 cm³/mol. The second-order valence-electron chi connectivity index (χ2n) is 7.11. The molecule has 0 aromatic heterocycles. The Morgan fingerprint density at radius 1 is 1.08 bits per heavy atom. The summed E-state index contributed by atoms with van der Waals surface area (Å²) in [6.07, 6.45) is 5.20. The molecule has 140 valence electrons. The molecule has 1 atom stereocenters. The maximum atomic E-state index is 13.1. The van der Waals surface area contributed by atoms with Crippen molar-refractivity contribution in [2.45, 2.75) is 44.7 Å². The van der Waals surface area contributed by atoms with Crippen molar-refractivity contribution in [3.63, 3.8) is 0 Å². The minimum absolute atomic E-state index is 0. The fourth-order valence-electron chi connectivity index (χ4n) is 3.88. The maximum Gasteiger partial charge on any atom is 0.239 e. The van der Waals surface area contributed by atoms with Crippen LogP contribution in [0.4, 0.5) is 4.39 Å². The lowest BCUT2D eigenvalue weighted by Crippen LogP contribution is -2.52. The molecule has 25 heavy (non-hydrogen) atoms. The van der Waals surface area contributed by atoms with Gasteiger partial charge in [0, 0.05) is 19.6 Å². The third-order valence-electron chi connectivity index (χ3n) is 5.46. The van der Waals surface area contributed by atoms with E-state index < -0.39 is 0 Å². The molecule has 0 radical (unpaired) electrons. The number of likely N-dealkylation sites (tertiary alicyclic amines) is 2. The molecule has 6 heteroatoms. The van der Waals surface area contributed by atoms with E-state index in [4.69, 9.17) is 5.73 Å². The van der Waals surface area contributed by atoms with Gasteiger partial charge in [0.25, 0.3) is 0 Å². The van der Waals surface area contributed by atoms with Gasteiger partial charge in [0.2, 0.25) is 5.91 Å². The van der Waals surface area contributed by atoms with Crippen LogP contribution in [0.15, 0.2) is 24.3 Å². The van der Waals surface area contributed by atoms with Crippen molar-refractivity contribution in [1.82, 2.24) is 9.80 Å². The van der Waals surface area contributed by atoms with E-state index in [9.17, 15) is 9.18 Å². The van der Waals surface area contributed by atoms with Gasteiger partial charge in [-0.3, -0.25) is 9.69 Å². The van der Waals surface area contributed by atoms with Gasteiger partial charge >= 0.3 is 0 Å². The number of hydrogen-bond donors (Lipinski definition) is 1. The van der Waals surface area contributed by atoms with Crippen molar-refractivity contribution in [3.05, 3.63) is 35.6 Å². The summed E-state index contributed by atoms with van der Waals surface area (Å²) in [5.41, 5.74) is 6.82. The highest BCUT2D eigenvalue weighted by Crippen LogP contribution is 2.24. The zero-order valence-electron chi connectivity index (χ0n) is 14.7. The van der Waals surface area contributed by atoms with Crippen LogP contribution in [0.5, 0.6) is 0 Å². The van der Waals surface area contributed by atoms with E-state index in [1.54, 1.807) is 0 Å². The zero-order valence-corrected chi connectivity index (χ0v) is 15.5. The number of amides is 1. The summed E-state index contributed by atoms with van der Waals surface area (Å²) in [4.78, 5) is 17.3. The third-order valence-corrected chi connectivity index (χ3v) is 5.46. The summed E-state index contributed by atoms with van der Waals surface area (Å²) in [6, 6.07) is 6.59. The van der Waals surface area contributed by atoms with Crippen molar-refractivity contribution < 1.29 is 9.18 Å². The lowest BCUT2D eigenvalue weighted by atomic mass is 9.95. The molecule has 2 aliphatic heterocycles. The molecular formula is C19H29ClFN3O. The summed E-state index contributed by atoms with van der Waals surface area (Å²) < 4.78 is 13.1. The molecule has 1 aromatic rings. The van der Waals surface area contributed by atoms with Gasteiger partial charge in [-0.25, -0.2) is 4.39 Å². The predicted octanol–water partition coefficient (Wildman–Crippen LogP) is 2.80. The number of benzene rings is 1. The van der Waals surface area contributed by atoms with Gasteiger partial charge in [-0.2, -0.15) is 0 Å². The zero-order chi connectivity index (χ0) is 16.9. The lowest BCUT2D eigenvalue weighted by Gasteiger charge is -2.40. The van der Waals surface area contributed by atoms with Gasteiger partial charge in [0.05, 0.1) is 6.04 Å². The Morgan fingerprint density at radius 2 is 1.76 bits per heavy atom. The molecule has 2 aliphatic rings. The second kappa shape index (κ2) is 9.51. The third kappa shape index (κ3) is 5.16. The minimum atomic E-state index is -0.215. The number of hydrogen-bond acceptors (Lipinski definition) is 3. The van der Waals surface area contributed by atoms with Gasteiger partial charge in [0.15, 0.2) is 0 Å². The fourth-order valence-corrected chi connectivity index (χ4v) is 3.88. The molecule has 4 nitrogen and oxygen atoms in total. The van der Waals surface area contributed by atoms with Crippen molar-refractivity contribution in [3.8, 4) is 0 Å². The van der Waals surface area contributed by atoms with Gasteiger partial charge in [-0.1, -0.05) is 18.6 Å². The van der Waals surface area contributed by atoms with Crippen molar-refractivity contribution in [1.29, 1.82) is 0 Å². The maximum absolute atomic E-state index is 13.1. The summed E-state index contributed by atoms with van der Waals surface area (Å²) in [6.45, 7) is 4.05. The normalized spacial score (nSPS) is 22.5. The number of carbonyl (C=O) groups excluding carboxylic acids is 1. The monoisotopic (exact) mass is 369 g/mol. The Balaban J connectivity index is 0.00000225. The van der Waals surface area contributed by atoms with E-state index in [0.29, 0.717) is 5.92 Å². The van der Waals surface area contributed by atoms with E-state index in [0.717, 1.165) is 70.4 Å². The number of halogens is 2. The SMILES string of the molecule is Cl.NCC1CCN(C(=O)C2CCCCN2Cc2ccc(F)cc2)CC1. The first-order chi connectivity index (χ1) is 11.7. The first kappa shape index (κ1) is 20.1. The molecule has 0 bridgehead atoms. The van der Waals surface area contributed by atoms with Gasteiger partial charge < -0.3 is 10.6 Å². The molecule has 1 aromatic carbocycles. The van der Waals surface area contributed by atoms with E-state index >= 15 is 0 Å². The topological polar surface area (TPSA) is 49.6 Å². The Hall–Kier alpha value is -1.17. The average Bonchev–Trinajstić information content (AvgIpc) is 2.63. The molecule has 2 saturated heterocycles. The Morgan fingerprint density at radius 3 is 2.40 bits per heavy atom. The molecule has 3 rings (SSSR count). The number of carbonyl (C=O) groups is 1. The first-order valence-electron chi connectivity index (χ1n) is 9.14. The molecule has 1 unspecified atom stereocenters. The van der Waals surface area contributed by atoms with Crippen LogP contribution in [0, 0.1) is 11.7 Å². The van der Waals surface area contributed by atoms with Crippen molar-refractivity contribution in [2.75, 3.05) is 26.2 Å². The van der Waals surface area contributed by atoms with Gasteiger partial charge in [-0.15, -0.1) is 12.4 Å². The molecule has 0 aliphatic carbocycles. The first-order valence-corrected chi connectivity index (χ1v) is 9.14. The molecule has 2 N–H and O–H groups in total. The van der Waals surface area contributed by atoms with Gasteiger partial charge in [-0.05, 0) is 62.4 Å². The number of nitrogens with two attached hydrogens (primary N) is 1.